The minimum absolute atomic E-state index is 0.288. The summed E-state index contributed by atoms with van der Waals surface area (Å²) in [5.74, 6) is 0.613. The lowest BCUT2D eigenvalue weighted by Gasteiger charge is -2.30. The van der Waals surface area contributed by atoms with E-state index in [4.69, 9.17) is 10.5 Å². The molecule has 1 saturated heterocycles. The fourth-order valence-electron chi connectivity index (χ4n) is 2.08. The van der Waals surface area contributed by atoms with Gasteiger partial charge in [-0.05, 0) is 19.4 Å². The van der Waals surface area contributed by atoms with Gasteiger partial charge in [0, 0.05) is 31.5 Å². The van der Waals surface area contributed by atoms with Crippen LogP contribution in [0.3, 0.4) is 0 Å². The minimum atomic E-state index is 0.288. The molecule has 0 bridgehead atoms. The van der Waals surface area contributed by atoms with Crippen molar-refractivity contribution in [3.8, 4) is 5.88 Å². The van der Waals surface area contributed by atoms with E-state index in [9.17, 15) is 0 Å². The normalized spacial score (nSPS) is 22.0. The van der Waals surface area contributed by atoms with Gasteiger partial charge in [-0.3, -0.25) is 9.88 Å². The molecule has 0 radical (unpaired) electrons. The van der Waals surface area contributed by atoms with Crippen LogP contribution in [0.25, 0.3) is 0 Å². The topological polar surface area (TPSA) is 64.3 Å². The molecule has 0 aliphatic carbocycles. The zero-order chi connectivity index (χ0) is 11.4. The maximum atomic E-state index is 5.94. The molecule has 1 unspecified atom stereocenters. The lowest BCUT2D eigenvalue weighted by atomic mass is 10.1. The molecule has 2 rings (SSSR count). The molecule has 0 aromatic carbocycles. The molecule has 1 aliphatic rings. The Kier molecular flexibility index (Phi) is 3.69. The molecule has 0 saturated carbocycles. The SMILES string of the molecule is COc1nccnc1CN1CCCC(N)C1. The third kappa shape index (κ3) is 2.68. The van der Waals surface area contributed by atoms with Crippen molar-refractivity contribution in [3.05, 3.63) is 18.1 Å². The van der Waals surface area contributed by atoms with Gasteiger partial charge in [-0.15, -0.1) is 0 Å². The van der Waals surface area contributed by atoms with Crippen LogP contribution in [0.5, 0.6) is 5.88 Å². The van der Waals surface area contributed by atoms with Crippen LogP contribution in [0.4, 0.5) is 0 Å². The Labute approximate surface area is 95.6 Å². The Morgan fingerprint density at radius 1 is 1.50 bits per heavy atom. The number of nitrogens with two attached hydrogens (primary N) is 1. The summed E-state index contributed by atoms with van der Waals surface area (Å²) in [5, 5.41) is 0. The number of hydrogen-bond donors (Lipinski definition) is 1. The molecular formula is C11H18N4O. The molecule has 5 heteroatoms. The number of rotatable bonds is 3. The van der Waals surface area contributed by atoms with E-state index in [0.29, 0.717) is 5.88 Å². The Morgan fingerprint density at radius 3 is 3.06 bits per heavy atom. The molecule has 1 aliphatic heterocycles. The van der Waals surface area contributed by atoms with E-state index in [-0.39, 0.29) is 6.04 Å². The van der Waals surface area contributed by atoms with Crippen molar-refractivity contribution >= 4 is 0 Å². The lowest BCUT2D eigenvalue weighted by Crippen LogP contribution is -2.42. The smallest absolute Gasteiger partial charge is 0.236 e. The molecule has 1 atom stereocenters. The lowest BCUT2D eigenvalue weighted by molar-refractivity contribution is 0.196. The largest absolute Gasteiger partial charge is 0.480 e. The van der Waals surface area contributed by atoms with E-state index < -0.39 is 0 Å². The summed E-state index contributed by atoms with van der Waals surface area (Å²) in [5.41, 5.74) is 6.83. The minimum Gasteiger partial charge on any atom is -0.480 e. The zero-order valence-electron chi connectivity index (χ0n) is 9.59. The average molecular weight is 222 g/mol. The number of piperidine rings is 1. The van der Waals surface area contributed by atoms with Crippen molar-refractivity contribution in [2.75, 3.05) is 20.2 Å². The van der Waals surface area contributed by atoms with Gasteiger partial charge < -0.3 is 10.5 Å². The highest BCUT2D eigenvalue weighted by Gasteiger charge is 2.18. The first-order valence-corrected chi connectivity index (χ1v) is 5.61. The monoisotopic (exact) mass is 222 g/mol. The Bertz CT molecular complexity index is 345. The number of nitrogens with zero attached hydrogens (tertiary/aromatic N) is 3. The molecule has 0 amide bonds. The molecule has 1 aromatic heterocycles. The highest BCUT2D eigenvalue weighted by molar-refractivity contribution is 5.16. The quantitative estimate of drug-likeness (QED) is 0.802. The molecule has 0 spiro atoms. The van der Waals surface area contributed by atoms with Crippen molar-refractivity contribution < 1.29 is 4.74 Å². The first-order chi connectivity index (χ1) is 7.79. The molecule has 1 fully saturated rings. The van der Waals surface area contributed by atoms with E-state index in [1.54, 1.807) is 19.5 Å². The van der Waals surface area contributed by atoms with Crippen molar-refractivity contribution in [1.82, 2.24) is 14.9 Å². The summed E-state index contributed by atoms with van der Waals surface area (Å²) < 4.78 is 5.18. The van der Waals surface area contributed by atoms with Gasteiger partial charge in [-0.2, -0.15) is 0 Å². The summed E-state index contributed by atoms with van der Waals surface area (Å²) in [6, 6.07) is 0.288. The van der Waals surface area contributed by atoms with Crippen molar-refractivity contribution in [2.24, 2.45) is 5.73 Å². The molecule has 1 aromatic rings. The molecule has 5 nitrogen and oxygen atoms in total. The van der Waals surface area contributed by atoms with Gasteiger partial charge in [-0.1, -0.05) is 0 Å². The summed E-state index contributed by atoms with van der Waals surface area (Å²) in [6.45, 7) is 2.78. The number of aromatic nitrogens is 2. The van der Waals surface area contributed by atoms with Gasteiger partial charge in [0.2, 0.25) is 5.88 Å². The van der Waals surface area contributed by atoms with Crippen LogP contribution in [0, 0.1) is 0 Å². The fraction of sp³-hybridized carbons (Fsp3) is 0.636. The zero-order valence-corrected chi connectivity index (χ0v) is 9.59. The summed E-state index contributed by atoms with van der Waals surface area (Å²) in [7, 11) is 1.62. The second kappa shape index (κ2) is 5.23. The predicted octanol–water partition coefficient (Wildman–Crippen LogP) is 0.408. The summed E-state index contributed by atoms with van der Waals surface area (Å²) >= 11 is 0. The number of hydrogen-bond acceptors (Lipinski definition) is 5. The summed E-state index contributed by atoms with van der Waals surface area (Å²) in [6.07, 6.45) is 5.61. The van der Waals surface area contributed by atoms with Gasteiger partial charge in [0.15, 0.2) is 0 Å². The van der Waals surface area contributed by atoms with E-state index in [2.05, 4.69) is 14.9 Å². The maximum Gasteiger partial charge on any atom is 0.236 e. The predicted molar refractivity (Wildman–Crippen MR) is 61.1 cm³/mol. The Hall–Kier alpha value is -1.20. The van der Waals surface area contributed by atoms with Crippen LogP contribution in [-0.4, -0.2) is 41.1 Å². The van der Waals surface area contributed by atoms with Crippen LogP contribution in [0.1, 0.15) is 18.5 Å². The molecular weight excluding hydrogens is 204 g/mol. The third-order valence-corrected chi connectivity index (χ3v) is 2.84. The number of likely N-dealkylation sites (tertiary alicyclic amines) is 1. The van der Waals surface area contributed by atoms with Gasteiger partial charge in [-0.25, -0.2) is 4.98 Å². The first-order valence-electron chi connectivity index (χ1n) is 5.61. The van der Waals surface area contributed by atoms with Gasteiger partial charge >= 0.3 is 0 Å². The van der Waals surface area contributed by atoms with Crippen molar-refractivity contribution in [3.63, 3.8) is 0 Å². The van der Waals surface area contributed by atoms with Gasteiger partial charge in [0.1, 0.15) is 5.69 Å². The van der Waals surface area contributed by atoms with Crippen LogP contribution in [-0.2, 0) is 6.54 Å². The van der Waals surface area contributed by atoms with Crippen molar-refractivity contribution in [1.29, 1.82) is 0 Å². The first kappa shape index (κ1) is 11.3. The van der Waals surface area contributed by atoms with E-state index in [1.165, 1.54) is 0 Å². The van der Waals surface area contributed by atoms with Crippen molar-refractivity contribution in [2.45, 2.75) is 25.4 Å². The van der Waals surface area contributed by atoms with Crippen LogP contribution >= 0.6 is 0 Å². The van der Waals surface area contributed by atoms with Crippen LogP contribution < -0.4 is 10.5 Å². The highest BCUT2D eigenvalue weighted by atomic mass is 16.5. The molecule has 2 N–H and O–H groups in total. The van der Waals surface area contributed by atoms with Crippen LogP contribution in [0.15, 0.2) is 12.4 Å². The highest BCUT2D eigenvalue weighted by Crippen LogP contribution is 2.16. The Balaban J connectivity index is 2.02. The number of methoxy groups -OCH3 is 1. The summed E-state index contributed by atoms with van der Waals surface area (Å²) in [4.78, 5) is 10.7. The fourth-order valence-corrected chi connectivity index (χ4v) is 2.08. The second-order valence-corrected chi connectivity index (χ2v) is 4.15. The molecule has 2 heterocycles. The van der Waals surface area contributed by atoms with Gasteiger partial charge in [0.05, 0.1) is 7.11 Å². The molecule has 88 valence electrons. The van der Waals surface area contributed by atoms with E-state index in [1.807, 2.05) is 0 Å². The van der Waals surface area contributed by atoms with E-state index >= 15 is 0 Å². The average Bonchev–Trinajstić information content (AvgIpc) is 2.30. The second-order valence-electron chi connectivity index (χ2n) is 4.15. The maximum absolute atomic E-state index is 5.94. The third-order valence-electron chi connectivity index (χ3n) is 2.84. The van der Waals surface area contributed by atoms with Crippen LogP contribution in [0.2, 0.25) is 0 Å². The number of ether oxygens (including phenoxy) is 1. The molecule has 16 heavy (non-hydrogen) atoms. The Morgan fingerprint density at radius 2 is 2.31 bits per heavy atom. The standard InChI is InChI=1S/C11H18N4O/c1-16-11-10(13-4-5-14-11)8-15-6-2-3-9(12)7-15/h4-5,9H,2-3,6-8,12H2,1H3. The van der Waals surface area contributed by atoms with E-state index in [0.717, 1.165) is 38.2 Å². The van der Waals surface area contributed by atoms with Gasteiger partial charge in [0.25, 0.3) is 0 Å².